The fraction of sp³-hybridized carbons (Fsp3) is 0.400. The highest BCUT2D eigenvalue weighted by molar-refractivity contribution is 7.98. The van der Waals surface area contributed by atoms with E-state index < -0.39 is 34.6 Å². The highest BCUT2D eigenvalue weighted by atomic mass is 32.2. The van der Waals surface area contributed by atoms with Crippen LogP contribution in [0.2, 0.25) is 0 Å². The van der Waals surface area contributed by atoms with E-state index in [0.717, 1.165) is 11.8 Å². The molecule has 1 nitrogen and oxygen atoms in total. The molecule has 0 saturated carbocycles. The van der Waals surface area contributed by atoms with Crippen LogP contribution in [0.25, 0.3) is 0 Å². The summed E-state index contributed by atoms with van der Waals surface area (Å²) in [6, 6.07) is 0. The van der Waals surface area contributed by atoms with Crippen molar-refractivity contribution in [2.45, 2.75) is 12.2 Å². The highest BCUT2D eigenvalue weighted by Gasteiger charge is 2.25. The second-order valence-corrected chi connectivity index (χ2v) is 4.35. The van der Waals surface area contributed by atoms with Crippen molar-refractivity contribution >= 4 is 11.8 Å². The molecule has 0 radical (unpaired) electrons. The van der Waals surface area contributed by atoms with Crippen molar-refractivity contribution in [3.05, 3.63) is 34.6 Å². The highest BCUT2D eigenvalue weighted by Crippen LogP contribution is 2.26. The first-order valence-corrected chi connectivity index (χ1v) is 5.94. The second-order valence-electron chi connectivity index (χ2n) is 3.24. The Morgan fingerprint density at radius 2 is 1.29 bits per heavy atom. The van der Waals surface area contributed by atoms with Crippen molar-refractivity contribution < 1.29 is 22.0 Å². The zero-order chi connectivity index (χ0) is 13.0. The van der Waals surface area contributed by atoms with Gasteiger partial charge >= 0.3 is 0 Å². The number of rotatable bonds is 5. The third-order valence-electron chi connectivity index (χ3n) is 2.04. The lowest BCUT2D eigenvalue weighted by atomic mass is 10.2. The first kappa shape index (κ1) is 14.2. The number of hydrogen-bond donors (Lipinski definition) is 1. The molecular formula is C10H10F5NS. The summed E-state index contributed by atoms with van der Waals surface area (Å²) >= 11 is 1.07. The minimum atomic E-state index is -2.13. The van der Waals surface area contributed by atoms with E-state index in [9.17, 15) is 22.0 Å². The Morgan fingerprint density at radius 3 is 1.76 bits per heavy atom. The maximum atomic E-state index is 13.2. The average Bonchev–Trinajstić information content (AvgIpc) is 2.33. The molecule has 0 bridgehead atoms. The lowest BCUT2D eigenvalue weighted by molar-refractivity contribution is 0.372. The van der Waals surface area contributed by atoms with Gasteiger partial charge in [-0.05, 0) is 18.7 Å². The minimum absolute atomic E-state index is 0.272. The van der Waals surface area contributed by atoms with Gasteiger partial charge in [-0.25, -0.2) is 22.0 Å². The van der Waals surface area contributed by atoms with Crippen LogP contribution in [-0.4, -0.2) is 12.3 Å². The molecule has 2 N–H and O–H groups in total. The summed E-state index contributed by atoms with van der Waals surface area (Å²) in [5, 5.41) is 0. The summed E-state index contributed by atoms with van der Waals surface area (Å²) in [4.78, 5) is 0. The van der Waals surface area contributed by atoms with Crippen LogP contribution in [-0.2, 0) is 5.75 Å². The molecule has 1 aromatic carbocycles. The maximum Gasteiger partial charge on any atom is 0.200 e. The molecule has 0 atom stereocenters. The van der Waals surface area contributed by atoms with E-state index in [2.05, 4.69) is 0 Å². The minimum Gasteiger partial charge on any atom is -0.330 e. The first-order valence-electron chi connectivity index (χ1n) is 4.78. The fourth-order valence-electron chi connectivity index (χ4n) is 1.14. The fourth-order valence-corrected chi connectivity index (χ4v) is 2.11. The van der Waals surface area contributed by atoms with E-state index >= 15 is 0 Å². The normalized spacial score (nSPS) is 10.9. The van der Waals surface area contributed by atoms with Gasteiger partial charge in [-0.3, -0.25) is 0 Å². The molecule has 0 amide bonds. The van der Waals surface area contributed by atoms with E-state index in [1.807, 2.05) is 0 Å². The maximum absolute atomic E-state index is 13.2. The molecule has 0 aromatic heterocycles. The monoisotopic (exact) mass is 271 g/mol. The van der Waals surface area contributed by atoms with Crippen LogP contribution in [0.5, 0.6) is 0 Å². The molecule has 1 rings (SSSR count). The number of thioether (sulfide) groups is 1. The van der Waals surface area contributed by atoms with Crippen LogP contribution in [0.4, 0.5) is 22.0 Å². The third kappa shape index (κ3) is 3.10. The van der Waals surface area contributed by atoms with Gasteiger partial charge in [0.05, 0.1) is 0 Å². The van der Waals surface area contributed by atoms with Crippen molar-refractivity contribution in [2.24, 2.45) is 5.73 Å². The van der Waals surface area contributed by atoms with Gasteiger partial charge < -0.3 is 5.73 Å². The summed E-state index contributed by atoms with van der Waals surface area (Å²) in [6.07, 6.45) is 0.611. The molecule has 0 aliphatic heterocycles. The Balaban J connectivity index is 2.92. The Labute approximate surface area is 99.2 Å². The molecule has 0 fully saturated rings. The molecule has 0 heterocycles. The first-order chi connectivity index (χ1) is 8.00. The van der Waals surface area contributed by atoms with Gasteiger partial charge in [-0.15, -0.1) is 0 Å². The molecule has 0 aliphatic rings. The van der Waals surface area contributed by atoms with Gasteiger partial charge in [0, 0.05) is 11.3 Å². The van der Waals surface area contributed by atoms with Crippen molar-refractivity contribution in [3.63, 3.8) is 0 Å². The van der Waals surface area contributed by atoms with Gasteiger partial charge in [0.1, 0.15) is 0 Å². The lowest BCUT2D eigenvalue weighted by Gasteiger charge is -2.07. The van der Waals surface area contributed by atoms with E-state index in [4.69, 9.17) is 5.73 Å². The molecular weight excluding hydrogens is 261 g/mol. The molecule has 7 heteroatoms. The summed E-state index contributed by atoms with van der Waals surface area (Å²) in [7, 11) is 0. The second kappa shape index (κ2) is 6.20. The van der Waals surface area contributed by atoms with Crippen LogP contribution >= 0.6 is 11.8 Å². The SMILES string of the molecule is NCCCSCc1c(F)c(F)c(F)c(F)c1F. The van der Waals surface area contributed by atoms with Crippen LogP contribution in [0.1, 0.15) is 12.0 Å². The summed E-state index contributed by atoms with van der Waals surface area (Å²) in [5.41, 5.74) is 4.42. The Morgan fingerprint density at radius 1 is 0.824 bits per heavy atom. The summed E-state index contributed by atoms with van der Waals surface area (Å²) in [5.74, 6) is -9.24. The van der Waals surface area contributed by atoms with Crippen LogP contribution < -0.4 is 5.73 Å². The number of halogens is 5. The lowest BCUT2D eigenvalue weighted by Crippen LogP contribution is -2.06. The van der Waals surface area contributed by atoms with E-state index in [1.54, 1.807) is 0 Å². The Bertz CT molecular complexity index is 381. The Kier molecular flexibility index (Phi) is 5.20. The summed E-state index contributed by atoms with van der Waals surface area (Å²) < 4.78 is 64.6. The van der Waals surface area contributed by atoms with Gasteiger partial charge in [-0.1, -0.05) is 0 Å². The van der Waals surface area contributed by atoms with Gasteiger partial charge in [0.2, 0.25) is 5.82 Å². The van der Waals surface area contributed by atoms with E-state index in [-0.39, 0.29) is 5.75 Å². The predicted molar refractivity (Wildman–Crippen MR) is 56.1 cm³/mol. The van der Waals surface area contributed by atoms with E-state index in [0.29, 0.717) is 18.7 Å². The Hall–Kier alpha value is -0.820. The molecule has 0 saturated heterocycles. The van der Waals surface area contributed by atoms with Crippen molar-refractivity contribution in [1.29, 1.82) is 0 Å². The van der Waals surface area contributed by atoms with E-state index in [1.165, 1.54) is 0 Å². The number of nitrogens with two attached hydrogens (primary N) is 1. The largest absolute Gasteiger partial charge is 0.330 e. The molecule has 0 unspecified atom stereocenters. The topological polar surface area (TPSA) is 26.0 Å². The molecule has 0 spiro atoms. The standard InChI is InChI=1S/C10H10F5NS/c11-6-5(4-17-3-1-2-16)7(12)9(14)10(15)8(6)13/h1-4,16H2. The van der Waals surface area contributed by atoms with Crippen molar-refractivity contribution in [3.8, 4) is 0 Å². The van der Waals surface area contributed by atoms with Crippen molar-refractivity contribution in [1.82, 2.24) is 0 Å². The van der Waals surface area contributed by atoms with Crippen LogP contribution in [0, 0.1) is 29.1 Å². The predicted octanol–water partition coefficient (Wildman–Crippen LogP) is 2.96. The zero-order valence-corrected chi connectivity index (χ0v) is 9.52. The molecule has 0 aliphatic carbocycles. The van der Waals surface area contributed by atoms with Crippen LogP contribution in [0.15, 0.2) is 0 Å². The third-order valence-corrected chi connectivity index (χ3v) is 3.11. The molecule has 96 valence electrons. The smallest absolute Gasteiger partial charge is 0.200 e. The van der Waals surface area contributed by atoms with Gasteiger partial charge in [-0.2, -0.15) is 11.8 Å². The summed E-state index contributed by atoms with van der Waals surface area (Å²) in [6.45, 7) is 0.407. The van der Waals surface area contributed by atoms with Gasteiger partial charge in [0.15, 0.2) is 23.3 Å². The zero-order valence-electron chi connectivity index (χ0n) is 8.70. The van der Waals surface area contributed by atoms with Crippen LogP contribution in [0.3, 0.4) is 0 Å². The molecule has 1 aromatic rings. The van der Waals surface area contributed by atoms with Crippen molar-refractivity contribution in [2.75, 3.05) is 12.3 Å². The number of benzene rings is 1. The van der Waals surface area contributed by atoms with Gasteiger partial charge in [0.25, 0.3) is 0 Å². The average molecular weight is 271 g/mol. The molecule has 17 heavy (non-hydrogen) atoms. The number of hydrogen-bond acceptors (Lipinski definition) is 2. The quantitative estimate of drug-likeness (QED) is 0.385.